The molecule has 1 heterocycles. The second-order valence-electron chi connectivity index (χ2n) is 3.99. The lowest BCUT2D eigenvalue weighted by molar-refractivity contribution is 1.10. The standard InChI is InChI=1S/C12H15N5/c1-7-2-4-8(5-3-7)6-9-10(13)16-12(15)17-11(9)14/h2-5H,6H2,1H3,(H6,13,14,15,16,17). The van der Waals surface area contributed by atoms with E-state index in [1.165, 1.54) is 5.56 Å². The second-order valence-corrected chi connectivity index (χ2v) is 3.99. The van der Waals surface area contributed by atoms with Gasteiger partial charge in [-0.2, -0.15) is 9.97 Å². The molecule has 0 saturated carbocycles. The molecule has 0 radical (unpaired) electrons. The molecule has 5 nitrogen and oxygen atoms in total. The summed E-state index contributed by atoms with van der Waals surface area (Å²) in [5.41, 5.74) is 20.1. The zero-order valence-corrected chi connectivity index (χ0v) is 9.64. The van der Waals surface area contributed by atoms with Crippen molar-refractivity contribution in [1.82, 2.24) is 9.97 Å². The van der Waals surface area contributed by atoms with E-state index in [9.17, 15) is 0 Å². The molecule has 17 heavy (non-hydrogen) atoms. The van der Waals surface area contributed by atoms with Crippen LogP contribution in [0.15, 0.2) is 24.3 Å². The Kier molecular flexibility index (Phi) is 2.82. The summed E-state index contributed by atoms with van der Waals surface area (Å²) in [6.07, 6.45) is 0.609. The van der Waals surface area contributed by atoms with E-state index >= 15 is 0 Å². The maximum Gasteiger partial charge on any atom is 0.223 e. The molecule has 88 valence electrons. The van der Waals surface area contributed by atoms with Gasteiger partial charge in [-0.15, -0.1) is 0 Å². The van der Waals surface area contributed by atoms with Crippen molar-refractivity contribution in [3.05, 3.63) is 41.0 Å². The number of anilines is 3. The summed E-state index contributed by atoms with van der Waals surface area (Å²) in [6, 6.07) is 8.15. The Bertz CT molecular complexity index is 510. The number of aryl methyl sites for hydroxylation is 1. The fourth-order valence-corrected chi connectivity index (χ4v) is 1.63. The van der Waals surface area contributed by atoms with Crippen molar-refractivity contribution in [3.63, 3.8) is 0 Å². The predicted octanol–water partition coefficient (Wildman–Crippen LogP) is 1.12. The van der Waals surface area contributed by atoms with E-state index in [0.29, 0.717) is 18.1 Å². The summed E-state index contributed by atoms with van der Waals surface area (Å²) in [5.74, 6) is 0.791. The van der Waals surface area contributed by atoms with E-state index in [0.717, 1.165) is 11.1 Å². The molecule has 1 aromatic carbocycles. The summed E-state index contributed by atoms with van der Waals surface area (Å²) in [5, 5.41) is 0. The minimum Gasteiger partial charge on any atom is -0.383 e. The lowest BCUT2D eigenvalue weighted by Crippen LogP contribution is -2.09. The van der Waals surface area contributed by atoms with E-state index in [1.807, 2.05) is 31.2 Å². The van der Waals surface area contributed by atoms with Crippen LogP contribution in [-0.2, 0) is 6.42 Å². The Morgan fingerprint density at radius 1 is 0.941 bits per heavy atom. The maximum atomic E-state index is 5.79. The van der Waals surface area contributed by atoms with Crippen LogP contribution in [0, 0.1) is 6.92 Å². The quantitative estimate of drug-likeness (QED) is 0.716. The van der Waals surface area contributed by atoms with Gasteiger partial charge in [-0.25, -0.2) is 0 Å². The topological polar surface area (TPSA) is 104 Å². The van der Waals surface area contributed by atoms with Gasteiger partial charge < -0.3 is 17.2 Å². The second kappa shape index (κ2) is 4.29. The summed E-state index contributed by atoms with van der Waals surface area (Å²) in [4.78, 5) is 7.83. The van der Waals surface area contributed by atoms with Crippen molar-refractivity contribution in [2.24, 2.45) is 0 Å². The highest BCUT2D eigenvalue weighted by atomic mass is 15.1. The van der Waals surface area contributed by atoms with Crippen molar-refractivity contribution in [2.75, 3.05) is 17.2 Å². The largest absolute Gasteiger partial charge is 0.383 e. The van der Waals surface area contributed by atoms with Gasteiger partial charge in [0.2, 0.25) is 5.95 Å². The molecular weight excluding hydrogens is 214 g/mol. The van der Waals surface area contributed by atoms with Crippen LogP contribution in [0.5, 0.6) is 0 Å². The van der Waals surface area contributed by atoms with Gasteiger partial charge >= 0.3 is 0 Å². The number of hydrogen-bond donors (Lipinski definition) is 3. The van der Waals surface area contributed by atoms with Gasteiger partial charge in [0.25, 0.3) is 0 Å². The third-order valence-corrected chi connectivity index (χ3v) is 2.59. The Morgan fingerprint density at radius 2 is 1.47 bits per heavy atom. The SMILES string of the molecule is Cc1ccc(Cc2c(N)nc(N)nc2N)cc1. The molecule has 2 aromatic rings. The number of nitrogen functional groups attached to an aromatic ring is 3. The van der Waals surface area contributed by atoms with Gasteiger partial charge in [0.15, 0.2) is 0 Å². The third kappa shape index (κ3) is 2.44. The van der Waals surface area contributed by atoms with Crippen LogP contribution in [0.25, 0.3) is 0 Å². The Hall–Kier alpha value is -2.30. The van der Waals surface area contributed by atoms with Crippen LogP contribution < -0.4 is 17.2 Å². The first-order chi connectivity index (χ1) is 8.06. The van der Waals surface area contributed by atoms with Crippen molar-refractivity contribution in [2.45, 2.75) is 13.3 Å². The van der Waals surface area contributed by atoms with Crippen LogP contribution in [-0.4, -0.2) is 9.97 Å². The molecule has 0 atom stereocenters. The van der Waals surface area contributed by atoms with Gasteiger partial charge in [0.05, 0.1) is 0 Å². The summed E-state index contributed by atoms with van der Waals surface area (Å²) in [7, 11) is 0. The minimum absolute atomic E-state index is 0.104. The lowest BCUT2D eigenvalue weighted by Gasteiger charge is -2.08. The van der Waals surface area contributed by atoms with E-state index in [4.69, 9.17) is 17.2 Å². The van der Waals surface area contributed by atoms with E-state index in [-0.39, 0.29) is 5.95 Å². The molecule has 0 aliphatic heterocycles. The molecule has 1 aromatic heterocycles. The summed E-state index contributed by atoms with van der Waals surface area (Å²) >= 11 is 0. The zero-order valence-electron chi connectivity index (χ0n) is 9.64. The van der Waals surface area contributed by atoms with Crippen LogP contribution in [0.3, 0.4) is 0 Å². The first-order valence-corrected chi connectivity index (χ1v) is 5.29. The average molecular weight is 229 g/mol. The Morgan fingerprint density at radius 3 is 2.00 bits per heavy atom. The highest BCUT2D eigenvalue weighted by Gasteiger charge is 2.09. The van der Waals surface area contributed by atoms with Crippen molar-refractivity contribution in [3.8, 4) is 0 Å². The van der Waals surface area contributed by atoms with Gasteiger partial charge in [-0.05, 0) is 12.5 Å². The fourth-order valence-electron chi connectivity index (χ4n) is 1.63. The van der Waals surface area contributed by atoms with E-state index in [2.05, 4.69) is 9.97 Å². The monoisotopic (exact) mass is 229 g/mol. The number of nitrogens with two attached hydrogens (primary N) is 3. The summed E-state index contributed by atoms with van der Waals surface area (Å²) in [6.45, 7) is 2.04. The molecule has 0 amide bonds. The molecule has 0 aliphatic carbocycles. The van der Waals surface area contributed by atoms with Crippen molar-refractivity contribution >= 4 is 17.6 Å². The first-order valence-electron chi connectivity index (χ1n) is 5.29. The van der Waals surface area contributed by atoms with Gasteiger partial charge in [-0.3, -0.25) is 0 Å². The minimum atomic E-state index is 0.104. The number of hydrogen-bond acceptors (Lipinski definition) is 5. The Labute approximate surface area is 99.7 Å². The molecular formula is C12H15N5. The average Bonchev–Trinajstić information content (AvgIpc) is 2.26. The maximum absolute atomic E-state index is 5.79. The first kappa shape index (κ1) is 11.2. The number of aromatic nitrogens is 2. The van der Waals surface area contributed by atoms with Crippen LogP contribution >= 0.6 is 0 Å². The van der Waals surface area contributed by atoms with Crippen LogP contribution in [0.2, 0.25) is 0 Å². The van der Waals surface area contributed by atoms with Gasteiger partial charge in [0.1, 0.15) is 11.6 Å². The molecule has 0 saturated heterocycles. The molecule has 2 rings (SSSR count). The highest BCUT2D eigenvalue weighted by Crippen LogP contribution is 2.20. The normalized spacial score (nSPS) is 10.4. The third-order valence-electron chi connectivity index (χ3n) is 2.59. The molecule has 5 heteroatoms. The number of nitrogens with zero attached hydrogens (tertiary/aromatic N) is 2. The summed E-state index contributed by atoms with van der Waals surface area (Å²) < 4.78 is 0. The molecule has 0 fully saturated rings. The van der Waals surface area contributed by atoms with E-state index in [1.54, 1.807) is 0 Å². The molecule has 0 unspecified atom stereocenters. The van der Waals surface area contributed by atoms with Gasteiger partial charge in [-0.1, -0.05) is 29.8 Å². The lowest BCUT2D eigenvalue weighted by atomic mass is 10.0. The number of rotatable bonds is 2. The molecule has 0 spiro atoms. The van der Waals surface area contributed by atoms with Gasteiger partial charge in [0, 0.05) is 12.0 Å². The molecule has 6 N–H and O–H groups in total. The van der Waals surface area contributed by atoms with Crippen molar-refractivity contribution in [1.29, 1.82) is 0 Å². The van der Waals surface area contributed by atoms with Crippen molar-refractivity contribution < 1.29 is 0 Å². The zero-order chi connectivity index (χ0) is 12.4. The predicted molar refractivity (Wildman–Crippen MR) is 69.3 cm³/mol. The van der Waals surface area contributed by atoms with Crippen LogP contribution in [0.1, 0.15) is 16.7 Å². The molecule has 0 bridgehead atoms. The smallest absolute Gasteiger partial charge is 0.223 e. The highest BCUT2D eigenvalue weighted by molar-refractivity contribution is 5.57. The Balaban J connectivity index is 2.33. The molecule has 0 aliphatic rings. The fraction of sp³-hybridized carbons (Fsp3) is 0.167. The van der Waals surface area contributed by atoms with E-state index < -0.39 is 0 Å². The van der Waals surface area contributed by atoms with Crippen LogP contribution in [0.4, 0.5) is 17.6 Å². The number of benzene rings is 1.